The fourth-order valence-corrected chi connectivity index (χ4v) is 6.62. The molecule has 31 heavy (non-hydrogen) atoms. The molecule has 0 aliphatic carbocycles. The highest BCUT2D eigenvalue weighted by molar-refractivity contribution is 7.99. The van der Waals surface area contributed by atoms with Gasteiger partial charge in [-0.3, -0.25) is 4.79 Å². The van der Waals surface area contributed by atoms with Gasteiger partial charge in [-0.2, -0.15) is 0 Å². The summed E-state index contributed by atoms with van der Waals surface area (Å²) in [5.41, 5.74) is 2.69. The van der Waals surface area contributed by atoms with Gasteiger partial charge in [-0.1, -0.05) is 12.1 Å². The van der Waals surface area contributed by atoms with Gasteiger partial charge in [0.15, 0.2) is 0 Å². The first-order valence-electron chi connectivity index (χ1n) is 11.0. The average molecular weight is 444 g/mol. The zero-order valence-corrected chi connectivity index (χ0v) is 18.5. The number of thioether (sulfide) groups is 1. The van der Waals surface area contributed by atoms with Crippen LogP contribution < -0.4 is 10.2 Å². The summed E-state index contributed by atoms with van der Waals surface area (Å²) in [6.45, 7) is 3.44. The fraction of sp³-hybridized carbons (Fsp3) is 0.458. The van der Waals surface area contributed by atoms with Gasteiger partial charge in [0.1, 0.15) is 11.6 Å². The third-order valence-electron chi connectivity index (χ3n) is 7.12. The number of anilines is 1. The van der Waals surface area contributed by atoms with Crippen molar-refractivity contribution < 1.29 is 13.6 Å². The van der Waals surface area contributed by atoms with Gasteiger partial charge in [0.2, 0.25) is 0 Å². The van der Waals surface area contributed by atoms with Crippen molar-refractivity contribution in [3.8, 4) is 0 Å². The van der Waals surface area contributed by atoms with Crippen molar-refractivity contribution in [1.82, 2.24) is 10.2 Å². The normalized spacial score (nSPS) is 24.4. The van der Waals surface area contributed by atoms with Crippen molar-refractivity contribution >= 4 is 23.4 Å². The van der Waals surface area contributed by atoms with Gasteiger partial charge < -0.3 is 15.1 Å². The molecular weight excluding hydrogens is 416 g/mol. The predicted molar refractivity (Wildman–Crippen MR) is 120 cm³/mol. The van der Waals surface area contributed by atoms with E-state index in [1.807, 2.05) is 11.8 Å². The molecule has 0 spiro atoms. The number of para-hydroxylation sites is 1. The van der Waals surface area contributed by atoms with Gasteiger partial charge in [0.05, 0.1) is 16.8 Å². The first-order valence-corrected chi connectivity index (χ1v) is 11.9. The Hall–Kier alpha value is -2.12. The minimum atomic E-state index is -0.808. The third-order valence-corrected chi connectivity index (χ3v) is 8.25. The molecule has 3 aliphatic rings. The van der Waals surface area contributed by atoms with Gasteiger partial charge in [-0.15, -0.1) is 11.8 Å². The fourth-order valence-electron chi connectivity index (χ4n) is 5.59. The lowest BCUT2D eigenvalue weighted by atomic mass is 9.74. The summed E-state index contributed by atoms with van der Waals surface area (Å²) >= 11 is 1.94. The average Bonchev–Trinajstić information content (AvgIpc) is 2.89. The molecule has 5 rings (SSSR count). The topological polar surface area (TPSA) is 35.6 Å². The number of rotatable bonds is 4. The molecule has 0 unspecified atom stereocenters. The summed E-state index contributed by atoms with van der Waals surface area (Å²) in [6, 6.07) is 9.80. The molecule has 1 amide bonds. The highest BCUT2D eigenvalue weighted by Crippen LogP contribution is 2.56. The predicted octanol–water partition coefficient (Wildman–Crippen LogP) is 4.26. The van der Waals surface area contributed by atoms with Crippen molar-refractivity contribution in [3.05, 3.63) is 59.2 Å². The van der Waals surface area contributed by atoms with Crippen molar-refractivity contribution in [2.45, 2.75) is 35.6 Å². The molecule has 3 heterocycles. The number of amides is 1. The molecule has 2 atom stereocenters. The standard InChI is InChI=1S/C24H27F2N3OS/c1-28(23(30)18-7-6-16(25)14-20(18)26)12-9-24-8-10-27-15-19(24)17-4-2-5-21-22(17)29(24)11-3-13-31-21/h2,4-7,14,19,27H,3,8-13,15H2,1H3/t19-,24-/m0/s1. The summed E-state index contributed by atoms with van der Waals surface area (Å²) < 4.78 is 27.4. The maximum atomic E-state index is 14.2. The van der Waals surface area contributed by atoms with Crippen molar-refractivity contribution in [2.75, 3.05) is 43.9 Å². The Morgan fingerprint density at radius 3 is 3.03 bits per heavy atom. The summed E-state index contributed by atoms with van der Waals surface area (Å²) in [7, 11) is 1.71. The lowest BCUT2D eigenvalue weighted by molar-refractivity contribution is 0.0771. The molecule has 0 radical (unpaired) electrons. The van der Waals surface area contributed by atoms with Crippen LogP contribution in [0, 0.1) is 11.6 Å². The summed E-state index contributed by atoms with van der Waals surface area (Å²) in [4.78, 5) is 18.4. The van der Waals surface area contributed by atoms with E-state index in [0.717, 1.165) is 56.8 Å². The van der Waals surface area contributed by atoms with Crippen molar-refractivity contribution in [3.63, 3.8) is 0 Å². The zero-order chi connectivity index (χ0) is 21.6. The van der Waals surface area contributed by atoms with E-state index in [9.17, 15) is 13.6 Å². The smallest absolute Gasteiger partial charge is 0.256 e. The van der Waals surface area contributed by atoms with Gasteiger partial charge in [-0.25, -0.2) is 8.78 Å². The Balaban J connectivity index is 1.42. The third kappa shape index (κ3) is 3.42. The van der Waals surface area contributed by atoms with Crippen LogP contribution in [0.15, 0.2) is 41.3 Å². The second-order valence-electron chi connectivity index (χ2n) is 8.76. The number of carbonyl (C=O) groups is 1. The molecule has 7 heteroatoms. The first-order chi connectivity index (χ1) is 15.0. The van der Waals surface area contributed by atoms with E-state index >= 15 is 0 Å². The molecule has 2 aromatic carbocycles. The van der Waals surface area contributed by atoms with Crippen LogP contribution >= 0.6 is 11.8 Å². The second-order valence-corrected chi connectivity index (χ2v) is 9.90. The zero-order valence-electron chi connectivity index (χ0n) is 17.7. The van der Waals surface area contributed by atoms with Crippen molar-refractivity contribution in [2.24, 2.45) is 0 Å². The molecule has 1 fully saturated rings. The summed E-state index contributed by atoms with van der Waals surface area (Å²) in [6.07, 6.45) is 2.98. The first kappa shape index (κ1) is 20.8. The van der Waals surface area contributed by atoms with Crippen LogP contribution in [0.4, 0.5) is 14.5 Å². The lowest BCUT2D eigenvalue weighted by Crippen LogP contribution is -2.57. The lowest BCUT2D eigenvalue weighted by Gasteiger charge is -2.47. The van der Waals surface area contributed by atoms with Crippen LogP contribution in [-0.2, 0) is 0 Å². The number of carbonyl (C=O) groups excluding carboxylic acids is 1. The summed E-state index contributed by atoms with van der Waals surface area (Å²) in [5.74, 6) is -0.388. The van der Waals surface area contributed by atoms with E-state index in [0.29, 0.717) is 12.5 Å². The minimum absolute atomic E-state index is 0.0372. The SMILES string of the molecule is CN(CC[C@@]12CCNC[C@H]1c1cccc3c1N2CCCS3)C(=O)c1ccc(F)cc1F. The van der Waals surface area contributed by atoms with E-state index in [2.05, 4.69) is 28.4 Å². The van der Waals surface area contributed by atoms with E-state index in [4.69, 9.17) is 0 Å². The van der Waals surface area contributed by atoms with Crippen LogP contribution in [-0.4, -0.2) is 55.3 Å². The van der Waals surface area contributed by atoms with Gasteiger partial charge in [0.25, 0.3) is 5.91 Å². The number of halogens is 2. The van der Waals surface area contributed by atoms with Crippen molar-refractivity contribution in [1.29, 1.82) is 0 Å². The number of nitrogens with zero attached hydrogens (tertiary/aromatic N) is 2. The Morgan fingerprint density at radius 2 is 2.19 bits per heavy atom. The van der Waals surface area contributed by atoms with Crippen LogP contribution in [0.1, 0.15) is 41.1 Å². The number of hydrogen-bond acceptors (Lipinski definition) is 4. The van der Waals surface area contributed by atoms with Gasteiger partial charge >= 0.3 is 0 Å². The number of fused-ring (bicyclic) bond motifs is 3. The molecule has 0 saturated carbocycles. The quantitative estimate of drug-likeness (QED) is 0.766. The van der Waals surface area contributed by atoms with Crippen LogP contribution in [0.2, 0.25) is 0 Å². The Bertz CT molecular complexity index is 1020. The molecule has 3 aliphatic heterocycles. The molecule has 2 aromatic rings. The second kappa shape index (κ2) is 8.10. The van der Waals surface area contributed by atoms with Crippen LogP contribution in [0.3, 0.4) is 0 Å². The highest BCUT2D eigenvalue weighted by Gasteiger charge is 2.53. The molecular formula is C24H27F2N3OS. The van der Waals surface area contributed by atoms with Crippen LogP contribution in [0.5, 0.6) is 0 Å². The van der Waals surface area contributed by atoms with Gasteiger partial charge in [0, 0.05) is 43.6 Å². The Labute approximate surface area is 186 Å². The Kier molecular flexibility index (Phi) is 5.42. The van der Waals surface area contributed by atoms with Crippen LogP contribution in [0.25, 0.3) is 0 Å². The minimum Gasteiger partial charge on any atom is -0.364 e. The van der Waals surface area contributed by atoms with E-state index in [1.165, 1.54) is 22.2 Å². The Morgan fingerprint density at radius 1 is 1.32 bits per heavy atom. The van der Waals surface area contributed by atoms with E-state index < -0.39 is 17.5 Å². The molecule has 0 aromatic heterocycles. The van der Waals surface area contributed by atoms with E-state index in [1.54, 1.807) is 11.9 Å². The number of hydrogen-bond donors (Lipinski definition) is 1. The number of benzene rings is 2. The molecule has 1 saturated heterocycles. The molecule has 4 nitrogen and oxygen atoms in total. The summed E-state index contributed by atoms with van der Waals surface area (Å²) in [5, 5.41) is 3.57. The molecule has 0 bridgehead atoms. The van der Waals surface area contributed by atoms with Gasteiger partial charge in [-0.05, 0) is 55.3 Å². The maximum absolute atomic E-state index is 14.2. The number of nitrogens with one attached hydrogen (secondary N) is 1. The maximum Gasteiger partial charge on any atom is 0.256 e. The molecule has 164 valence electrons. The number of piperidine rings is 1. The largest absolute Gasteiger partial charge is 0.364 e. The van der Waals surface area contributed by atoms with E-state index in [-0.39, 0.29) is 11.1 Å². The monoisotopic (exact) mass is 443 g/mol. The molecule has 1 N–H and O–H groups in total. The highest BCUT2D eigenvalue weighted by atomic mass is 32.2.